The number of primary amides is 1. The number of urea groups is 1. The third-order valence-electron chi connectivity index (χ3n) is 2.90. The van der Waals surface area contributed by atoms with Crippen LogP contribution in [0, 0.1) is 0 Å². The lowest BCUT2D eigenvalue weighted by Gasteiger charge is -2.16. The molecule has 1 aliphatic rings. The van der Waals surface area contributed by atoms with Crippen molar-refractivity contribution in [3.8, 4) is 5.75 Å². The normalized spacial score (nSPS) is 22.2. The summed E-state index contributed by atoms with van der Waals surface area (Å²) < 4.78 is 15.7. The van der Waals surface area contributed by atoms with Crippen LogP contribution in [0.5, 0.6) is 5.75 Å². The van der Waals surface area contributed by atoms with Crippen LogP contribution in [0.4, 0.5) is 4.79 Å². The zero-order valence-corrected chi connectivity index (χ0v) is 13.0. The molecule has 1 fully saturated rings. The predicted molar refractivity (Wildman–Crippen MR) is 81.9 cm³/mol. The van der Waals surface area contributed by atoms with E-state index in [4.69, 9.17) is 19.9 Å². The molecule has 1 aliphatic heterocycles. The molecule has 1 saturated heterocycles. The maximum atomic E-state index is 12.1. The van der Waals surface area contributed by atoms with Crippen molar-refractivity contribution in [3.05, 3.63) is 29.8 Å². The summed E-state index contributed by atoms with van der Waals surface area (Å²) in [6.45, 7) is 1.98. The number of thioether (sulfide) groups is 1. The van der Waals surface area contributed by atoms with Crippen LogP contribution in [0.25, 0.3) is 0 Å². The molecule has 1 heterocycles. The number of nitrogens with zero attached hydrogens (tertiary/aromatic N) is 1. The Hall–Kier alpha value is -2.22. The van der Waals surface area contributed by atoms with E-state index in [0.29, 0.717) is 5.75 Å². The Labute approximate surface area is 131 Å². The van der Waals surface area contributed by atoms with Crippen LogP contribution in [0.2, 0.25) is 0 Å². The topological polar surface area (TPSA) is 100 Å². The number of aliphatic imine (C=N–C) groups is 1. The van der Waals surface area contributed by atoms with Gasteiger partial charge in [-0.25, -0.2) is 4.79 Å². The van der Waals surface area contributed by atoms with Gasteiger partial charge in [0.25, 0.3) is 5.23 Å². The molecule has 0 saturated carbocycles. The van der Waals surface area contributed by atoms with Gasteiger partial charge in [0.15, 0.2) is 5.25 Å². The number of amides is 2. The Morgan fingerprint density at radius 2 is 2.05 bits per heavy atom. The van der Waals surface area contributed by atoms with Crippen LogP contribution in [0.15, 0.2) is 29.3 Å². The van der Waals surface area contributed by atoms with Crippen molar-refractivity contribution in [2.45, 2.75) is 18.3 Å². The molecule has 2 rings (SSSR count). The molecule has 1 aromatic rings. The van der Waals surface area contributed by atoms with Gasteiger partial charge in [0.2, 0.25) is 0 Å². The fourth-order valence-corrected chi connectivity index (χ4v) is 2.96. The molecule has 7 nitrogen and oxygen atoms in total. The summed E-state index contributed by atoms with van der Waals surface area (Å²) in [4.78, 5) is 26.5. The number of carbonyl (C=O) groups is 2. The fourth-order valence-electron chi connectivity index (χ4n) is 1.94. The lowest BCUT2D eigenvalue weighted by atomic mass is 10.1. The molecule has 118 valence electrons. The quantitative estimate of drug-likeness (QED) is 0.849. The van der Waals surface area contributed by atoms with Crippen LogP contribution in [-0.4, -0.2) is 36.2 Å². The Morgan fingerprint density at radius 1 is 1.36 bits per heavy atom. The molecule has 2 N–H and O–H groups in total. The minimum Gasteiger partial charge on any atom is -0.497 e. The predicted octanol–water partition coefficient (Wildman–Crippen LogP) is 1.87. The molecule has 8 heteroatoms. The lowest BCUT2D eigenvalue weighted by molar-refractivity contribution is -0.144. The number of ether oxygens (including phenoxy) is 3. The average Bonchev–Trinajstić information content (AvgIpc) is 2.90. The van der Waals surface area contributed by atoms with Crippen molar-refractivity contribution in [1.82, 2.24) is 0 Å². The summed E-state index contributed by atoms with van der Waals surface area (Å²) in [5.74, 6) is 0.260. The Balaban J connectivity index is 2.27. The number of hydrogen-bond donors (Lipinski definition) is 1. The largest absolute Gasteiger partial charge is 0.497 e. The molecular formula is C14H16N2O5S. The Kier molecular flexibility index (Phi) is 5.26. The molecular weight excluding hydrogens is 308 g/mol. The highest BCUT2D eigenvalue weighted by Gasteiger charge is 2.42. The number of hydrogen-bond acceptors (Lipinski definition) is 6. The van der Waals surface area contributed by atoms with Crippen molar-refractivity contribution in [2.75, 3.05) is 13.7 Å². The van der Waals surface area contributed by atoms with Gasteiger partial charge in [-0.1, -0.05) is 12.1 Å². The lowest BCUT2D eigenvalue weighted by Crippen LogP contribution is -2.24. The van der Waals surface area contributed by atoms with Crippen LogP contribution < -0.4 is 10.5 Å². The highest BCUT2D eigenvalue weighted by Crippen LogP contribution is 2.40. The van der Waals surface area contributed by atoms with Crippen molar-refractivity contribution >= 4 is 29.0 Å². The third kappa shape index (κ3) is 3.70. The van der Waals surface area contributed by atoms with Gasteiger partial charge in [0.05, 0.1) is 13.7 Å². The molecule has 0 bridgehead atoms. The first kappa shape index (κ1) is 16.2. The van der Waals surface area contributed by atoms with E-state index in [2.05, 4.69) is 4.99 Å². The van der Waals surface area contributed by atoms with Crippen LogP contribution in [-0.2, 0) is 14.3 Å². The molecule has 22 heavy (non-hydrogen) atoms. The summed E-state index contributed by atoms with van der Waals surface area (Å²) >= 11 is 1.02. The SMILES string of the molecule is CCOC(=O)C1S/C(=N/C(N)=O)OC1c1ccc(OC)cc1. The third-order valence-corrected chi connectivity index (χ3v) is 3.98. The number of benzene rings is 1. The average molecular weight is 324 g/mol. The van der Waals surface area contributed by atoms with E-state index in [9.17, 15) is 9.59 Å². The Bertz CT molecular complexity index is 587. The van der Waals surface area contributed by atoms with Crippen molar-refractivity contribution in [3.63, 3.8) is 0 Å². The van der Waals surface area contributed by atoms with Crippen LogP contribution in [0.1, 0.15) is 18.6 Å². The molecule has 2 atom stereocenters. The molecule has 2 unspecified atom stereocenters. The molecule has 0 radical (unpaired) electrons. The first-order valence-corrected chi connectivity index (χ1v) is 7.45. The Morgan fingerprint density at radius 3 is 2.59 bits per heavy atom. The van der Waals surface area contributed by atoms with E-state index < -0.39 is 23.4 Å². The molecule has 0 spiro atoms. The molecule has 0 aliphatic carbocycles. The zero-order chi connectivity index (χ0) is 16.1. The van der Waals surface area contributed by atoms with Gasteiger partial charge in [0.1, 0.15) is 11.9 Å². The monoisotopic (exact) mass is 324 g/mol. The maximum absolute atomic E-state index is 12.1. The number of esters is 1. The van der Waals surface area contributed by atoms with Crippen molar-refractivity contribution in [2.24, 2.45) is 10.7 Å². The van der Waals surface area contributed by atoms with E-state index in [-0.39, 0.29) is 11.8 Å². The second kappa shape index (κ2) is 7.17. The molecule has 0 aromatic heterocycles. The van der Waals surface area contributed by atoms with E-state index in [1.807, 2.05) is 0 Å². The highest BCUT2D eigenvalue weighted by molar-refractivity contribution is 8.15. The van der Waals surface area contributed by atoms with E-state index in [1.165, 1.54) is 0 Å². The second-order valence-electron chi connectivity index (χ2n) is 4.32. The molecule has 2 amide bonds. The zero-order valence-electron chi connectivity index (χ0n) is 12.1. The van der Waals surface area contributed by atoms with Gasteiger partial charge in [-0.3, -0.25) is 4.79 Å². The standard InChI is InChI=1S/C14H16N2O5S/c1-3-20-12(17)11-10(21-14(22-11)16-13(15)18)8-4-6-9(19-2)7-5-8/h4-7,10-11H,3H2,1-2H3,(H2,15,18)/b16-14+. The summed E-state index contributed by atoms with van der Waals surface area (Å²) in [6.07, 6.45) is -0.604. The van der Waals surface area contributed by atoms with Crippen molar-refractivity contribution < 1.29 is 23.8 Å². The number of rotatable bonds is 4. The van der Waals surface area contributed by atoms with E-state index in [0.717, 1.165) is 17.3 Å². The van der Waals surface area contributed by atoms with Crippen LogP contribution >= 0.6 is 11.8 Å². The first-order chi connectivity index (χ1) is 10.5. The highest BCUT2D eigenvalue weighted by atomic mass is 32.2. The van der Waals surface area contributed by atoms with Gasteiger partial charge in [-0.2, -0.15) is 4.99 Å². The minimum absolute atomic E-state index is 0.0615. The molecule has 1 aromatic carbocycles. The summed E-state index contributed by atoms with van der Waals surface area (Å²) in [6, 6.07) is 6.21. The summed E-state index contributed by atoms with van der Waals surface area (Å²) in [5, 5.41) is -0.585. The van der Waals surface area contributed by atoms with E-state index >= 15 is 0 Å². The first-order valence-electron chi connectivity index (χ1n) is 6.57. The van der Waals surface area contributed by atoms with Gasteiger partial charge < -0.3 is 19.9 Å². The second-order valence-corrected chi connectivity index (χ2v) is 5.41. The summed E-state index contributed by atoms with van der Waals surface area (Å²) in [5.41, 5.74) is 5.77. The van der Waals surface area contributed by atoms with Crippen LogP contribution in [0.3, 0.4) is 0 Å². The smallest absolute Gasteiger partial charge is 0.342 e. The summed E-state index contributed by atoms with van der Waals surface area (Å²) in [7, 11) is 1.57. The minimum atomic E-state index is -0.875. The maximum Gasteiger partial charge on any atom is 0.342 e. The number of methoxy groups -OCH3 is 1. The van der Waals surface area contributed by atoms with Gasteiger partial charge in [0, 0.05) is 0 Å². The van der Waals surface area contributed by atoms with Gasteiger partial charge in [-0.15, -0.1) is 0 Å². The fraction of sp³-hybridized carbons (Fsp3) is 0.357. The number of carbonyl (C=O) groups excluding carboxylic acids is 2. The van der Waals surface area contributed by atoms with Gasteiger partial charge >= 0.3 is 12.0 Å². The number of nitrogens with two attached hydrogens (primary N) is 1. The van der Waals surface area contributed by atoms with Crippen molar-refractivity contribution in [1.29, 1.82) is 0 Å². The van der Waals surface area contributed by atoms with Gasteiger partial charge in [-0.05, 0) is 36.4 Å². The van der Waals surface area contributed by atoms with E-state index in [1.54, 1.807) is 38.3 Å².